The Hall–Kier alpha value is -1.71. The minimum Gasteiger partial charge on any atom is -0.399 e. The number of anilines is 1. The highest BCUT2D eigenvalue weighted by atomic mass is 16.2. The van der Waals surface area contributed by atoms with Crippen molar-refractivity contribution in [3.8, 4) is 0 Å². The second kappa shape index (κ2) is 6.37. The van der Waals surface area contributed by atoms with Gasteiger partial charge in [-0.3, -0.25) is 0 Å². The van der Waals surface area contributed by atoms with E-state index in [1.165, 1.54) is 19.3 Å². The number of hydrogen-bond acceptors (Lipinski definition) is 2. The molecule has 114 valence electrons. The fraction of sp³-hybridized carbons (Fsp3) is 0.588. The molecule has 1 aromatic rings. The predicted octanol–water partition coefficient (Wildman–Crippen LogP) is 3.28. The molecule has 3 N–H and O–H groups in total. The molecule has 3 rings (SSSR count). The van der Waals surface area contributed by atoms with Gasteiger partial charge in [-0.15, -0.1) is 0 Å². The predicted molar refractivity (Wildman–Crippen MR) is 84.8 cm³/mol. The van der Waals surface area contributed by atoms with Crippen LogP contribution < -0.4 is 11.1 Å². The Kier molecular flexibility index (Phi) is 4.32. The molecule has 0 atom stereocenters. The van der Waals surface area contributed by atoms with Crippen LogP contribution in [0, 0.1) is 0 Å². The van der Waals surface area contributed by atoms with E-state index in [4.69, 9.17) is 5.73 Å². The number of nitrogens with zero attached hydrogens (tertiary/aromatic N) is 1. The van der Waals surface area contributed by atoms with E-state index >= 15 is 0 Å². The van der Waals surface area contributed by atoms with Crippen molar-refractivity contribution in [2.75, 3.05) is 5.73 Å². The second-order valence-corrected chi connectivity index (χ2v) is 6.39. The smallest absolute Gasteiger partial charge is 0.318 e. The average molecular weight is 287 g/mol. The van der Waals surface area contributed by atoms with E-state index < -0.39 is 0 Å². The van der Waals surface area contributed by atoms with Crippen LogP contribution in [-0.2, 0) is 6.54 Å². The highest BCUT2D eigenvalue weighted by Gasteiger charge is 2.33. The van der Waals surface area contributed by atoms with Crippen molar-refractivity contribution in [3.63, 3.8) is 0 Å². The Labute approximate surface area is 126 Å². The summed E-state index contributed by atoms with van der Waals surface area (Å²) in [5.41, 5.74) is 7.70. The van der Waals surface area contributed by atoms with Gasteiger partial charge in [0.15, 0.2) is 0 Å². The minimum atomic E-state index is 0.104. The maximum absolute atomic E-state index is 12.6. The van der Waals surface area contributed by atoms with Gasteiger partial charge in [0.2, 0.25) is 0 Å². The number of amides is 2. The van der Waals surface area contributed by atoms with Gasteiger partial charge < -0.3 is 16.0 Å². The molecular weight excluding hydrogens is 262 g/mol. The summed E-state index contributed by atoms with van der Waals surface area (Å²) in [7, 11) is 0. The summed E-state index contributed by atoms with van der Waals surface area (Å²) in [5, 5.41) is 3.23. The van der Waals surface area contributed by atoms with Crippen molar-refractivity contribution in [2.45, 2.75) is 63.6 Å². The fourth-order valence-electron chi connectivity index (χ4n) is 3.15. The van der Waals surface area contributed by atoms with Crippen LogP contribution >= 0.6 is 0 Å². The number of urea groups is 1. The lowest BCUT2D eigenvalue weighted by Gasteiger charge is -2.28. The molecule has 2 amide bonds. The standard InChI is InChI=1S/C17H25N3O/c18-14-6-4-5-13(11-14)12-20(16-9-10-16)17(21)19-15-7-2-1-3-8-15/h4-6,11,15-16H,1-3,7-10,12,18H2,(H,19,21). The summed E-state index contributed by atoms with van der Waals surface area (Å²) in [6.07, 6.45) is 8.29. The molecule has 2 fully saturated rings. The molecule has 21 heavy (non-hydrogen) atoms. The third-order valence-corrected chi connectivity index (χ3v) is 4.49. The number of carbonyl (C=O) groups excluding carboxylic acids is 1. The highest BCUT2D eigenvalue weighted by molar-refractivity contribution is 5.75. The Bertz CT molecular complexity index is 493. The summed E-state index contributed by atoms with van der Waals surface area (Å²) >= 11 is 0. The molecule has 0 unspecified atom stereocenters. The lowest BCUT2D eigenvalue weighted by molar-refractivity contribution is 0.184. The average Bonchev–Trinajstić information content (AvgIpc) is 3.30. The number of hydrogen-bond donors (Lipinski definition) is 2. The molecule has 2 saturated carbocycles. The van der Waals surface area contributed by atoms with Gasteiger partial charge in [0.25, 0.3) is 0 Å². The molecule has 4 nitrogen and oxygen atoms in total. The van der Waals surface area contributed by atoms with Gasteiger partial charge in [-0.25, -0.2) is 4.79 Å². The zero-order chi connectivity index (χ0) is 14.7. The van der Waals surface area contributed by atoms with E-state index in [1.54, 1.807) is 0 Å². The number of nitrogens with two attached hydrogens (primary N) is 1. The SMILES string of the molecule is Nc1cccc(CN(C(=O)NC2CCCCC2)C2CC2)c1. The number of benzene rings is 1. The van der Waals surface area contributed by atoms with Crippen LogP contribution in [0.1, 0.15) is 50.5 Å². The van der Waals surface area contributed by atoms with Crippen LogP contribution in [0.3, 0.4) is 0 Å². The Balaban J connectivity index is 1.62. The van der Waals surface area contributed by atoms with Crippen LogP contribution in [0.4, 0.5) is 10.5 Å². The van der Waals surface area contributed by atoms with Crippen molar-refractivity contribution in [1.29, 1.82) is 0 Å². The third kappa shape index (κ3) is 3.90. The van der Waals surface area contributed by atoms with E-state index in [0.29, 0.717) is 18.6 Å². The molecule has 0 heterocycles. The molecule has 2 aliphatic rings. The van der Waals surface area contributed by atoms with E-state index in [2.05, 4.69) is 5.32 Å². The minimum absolute atomic E-state index is 0.104. The number of nitrogen functional groups attached to an aromatic ring is 1. The molecule has 0 bridgehead atoms. The lowest BCUT2D eigenvalue weighted by Crippen LogP contribution is -2.46. The van der Waals surface area contributed by atoms with Crippen LogP contribution in [-0.4, -0.2) is 23.0 Å². The monoisotopic (exact) mass is 287 g/mol. The number of carbonyl (C=O) groups is 1. The molecule has 0 radical (unpaired) electrons. The first-order chi connectivity index (χ1) is 10.2. The molecule has 0 saturated heterocycles. The summed E-state index contributed by atoms with van der Waals surface area (Å²) in [6, 6.07) is 8.72. The topological polar surface area (TPSA) is 58.4 Å². The quantitative estimate of drug-likeness (QED) is 0.835. The molecule has 0 aromatic heterocycles. The fourth-order valence-corrected chi connectivity index (χ4v) is 3.15. The Morgan fingerprint density at radius 2 is 1.95 bits per heavy atom. The van der Waals surface area contributed by atoms with Crippen LogP contribution in [0.2, 0.25) is 0 Å². The lowest BCUT2D eigenvalue weighted by atomic mass is 9.96. The van der Waals surface area contributed by atoms with Gasteiger partial charge in [-0.1, -0.05) is 31.4 Å². The molecule has 0 aliphatic heterocycles. The summed E-state index contributed by atoms with van der Waals surface area (Å²) in [4.78, 5) is 14.6. The molecule has 0 spiro atoms. The van der Waals surface area contributed by atoms with E-state index in [0.717, 1.165) is 36.9 Å². The zero-order valence-electron chi connectivity index (χ0n) is 12.6. The van der Waals surface area contributed by atoms with Crippen LogP contribution in [0.15, 0.2) is 24.3 Å². The first kappa shape index (κ1) is 14.2. The Morgan fingerprint density at radius 3 is 2.62 bits per heavy atom. The first-order valence-corrected chi connectivity index (χ1v) is 8.14. The second-order valence-electron chi connectivity index (χ2n) is 6.39. The molecular formula is C17H25N3O. The van der Waals surface area contributed by atoms with Crippen molar-refractivity contribution in [3.05, 3.63) is 29.8 Å². The maximum Gasteiger partial charge on any atom is 0.318 e. The van der Waals surface area contributed by atoms with Crippen molar-refractivity contribution in [1.82, 2.24) is 10.2 Å². The largest absolute Gasteiger partial charge is 0.399 e. The molecule has 4 heteroatoms. The van der Waals surface area contributed by atoms with Gasteiger partial charge >= 0.3 is 6.03 Å². The molecule has 1 aromatic carbocycles. The van der Waals surface area contributed by atoms with Gasteiger partial charge in [-0.2, -0.15) is 0 Å². The van der Waals surface area contributed by atoms with Gasteiger partial charge in [0.05, 0.1) is 0 Å². The number of nitrogens with one attached hydrogen (secondary N) is 1. The van der Waals surface area contributed by atoms with Gasteiger partial charge in [-0.05, 0) is 43.4 Å². The van der Waals surface area contributed by atoms with Crippen molar-refractivity contribution in [2.24, 2.45) is 0 Å². The van der Waals surface area contributed by atoms with Crippen LogP contribution in [0.5, 0.6) is 0 Å². The zero-order valence-corrected chi connectivity index (χ0v) is 12.6. The van der Waals surface area contributed by atoms with Crippen molar-refractivity contribution >= 4 is 11.7 Å². The normalized spacial score (nSPS) is 19.2. The highest BCUT2D eigenvalue weighted by Crippen LogP contribution is 2.29. The van der Waals surface area contributed by atoms with E-state index in [-0.39, 0.29) is 6.03 Å². The van der Waals surface area contributed by atoms with Crippen molar-refractivity contribution < 1.29 is 4.79 Å². The number of rotatable bonds is 4. The van der Waals surface area contributed by atoms with E-state index in [1.807, 2.05) is 29.2 Å². The summed E-state index contributed by atoms with van der Waals surface area (Å²) in [6.45, 7) is 0.661. The third-order valence-electron chi connectivity index (χ3n) is 4.49. The first-order valence-electron chi connectivity index (χ1n) is 8.14. The molecule has 2 aliphatic carbocycles. The van der Waals surface area contributed by atoms with Gasteiger partial charge in [0.1, 0.15) is 0 Å². The van der Waals surface area contributed by atoms with Gasteiger partial charge in [0, 0.05) is 24.3 Å². The summed E-state index contributed by atoms with van der Waals surface area (Å²) < 4.78 is 0. The van der Waals surface area contributed by atoms with Crippen LogP contribution in [0.25, 0.3) is 0 Å². The van der Waals surface area contributed by atoms with E-state index in [9.17, 15) is 4.79 Å². The maximum atomic E-state index is 12.6. The summed E-state index contributed by atoms with van der Waals surface area (Å²) in [5.74, 6) is 0. The Morgan fingerprint density at radius 1 is 1.19 bits per heavy atom.